The van der Waals surface area contributed by atoms with Crippen LogP contribution >= 0.6 is 11.3 Å². The van der Waals surface area contributed by atoms with Crippen LogP contribution in [-0.2, 0) is 16.0 Å². The summed E-state index contributed by atoms with van der Waals surface area (Å²) in [5.41, 5.74) is 2.63. The van der Waals surface area contributed by atoms with Gasteiger partial charge in [0.1, 0.15) is 0 Å². The lowest BCUT2D eigenvalue weighted by Crippen LogP contribution is -2.41. The van der Waals surface area contributed by atoms with Crippen LogP contribution in [0.1, 0.15) is 27.0 Å². The molecule has 0 saturated carbocycles. The Balaban J connectivity index is 1.53. The third-order valence-corrected chi connectivity index (χ3v) is 5.61. The summed E-state index contributed by atoms with van der Waals surface area (Å²) in [4.78, 5) is 28.5. The summed E-state index contributed by atoms with van der Waals surface area (Å²) in [6, 6.07) is 9.14. The molecule has 7 heteroatoms. The van der Waals surface area contributed by atoms with Crippen molar-refractivity contribution >= 4 is 34.5 Å². The fraction of sp³-hybridized carbons (Fsp3) is 0.400. The predicted molar refractivity (Wildman–Crippen MR) is 109 cm³/mol. The zero-order chi connectivity index (χ0) is 19.2. The molecule has 1 aliphatic heterocycles. The van der Waals surface area contributed by atoms with Crippen molar-refractivity contribution in [1.29, 1.82) is 0 Å². The largest absolute Gasteiger partial charge is 0.379 e. The first-order valence-electron chi connectivity index (χ1n) is 9.16. The molecule has 2 amide bonds. The summed E-state index contributed by atoms with van der Waals surface area (Å²) in [6.07, 6.45) is 0.925. The average Bonchev–Trinajstić information content (AvgIpc) is 3.05. The maximum Gasteiger partial charge on any atom is 0.265 e. The number of nitrogens with zero attached hydrogens (tertiary/aromatic N) is 1. The molecule has 0 bridgehead atoms. The number of aryl methyl sites for hydroxylation is 2. The van der Waals surface area contributed by atoms with Crippen molar-refractivity contribution in [3.8, 4) is 0 Å². The van der Waals surface area contributed by atoms with Gasteiger partial charge in [-0.2, -0.15) is 0 Å². The summed E-state index contributed by atoms with van der Waals surface area (Å²) in [5, 5.41) is 5.79. The Bertz CT molecular complexity index is 795. The third-order valence-electron chi connectivity index (χ3n) is 4.52. The first kappa shape index (κ1) is 19.5. The van der Waals surface area contributed by atoms with Gasteiger partial charge in [-0.25, -0.2) is 0 Å². The lowest BCUT2D eigenvalue weighted by atomic mass is 10.2. The Morgan fingerprint density at radius 3 is 2.33 bits per heavy atom. The van der Waals surface area contributed by atoms with Crippen LogP contribution in [0.3, 0.4) is 0 Å². The monoisotopic (exact) mass is 387 g/mol. The van der Waals surface area contributed by atoms with Gasteiger partial charge in [-0.1, -0.05) is 6.92 Å². The van der Waals surface area contributed by atoms with E-state index in [1.165, 1.54) is 21.8 Å². The zero-order valence-electron chi connectivity index (χ0n) is 15.7. The van der Waals surface area contributed by atoms with Crippen molar-refractivity contribution < 1.29 is 14.3 Å². The van der Waals surface area contributed by atoms with E-state index < -0.39 is 0 Å². The normalized spacial score (nSPS) is 14.7. The number of carbonyl (C=O) groups is 2. The summed E-state index contributed by atoms with van der Waals surface area (Å²) >= 11 is 1.51. The summed E-state index contributed by atoms with van der Waals surface area (Å²) in [7, 11) is 0. The Labute approximate surface area is 163 Å². The fourth-order valence-corrected chi connectivity index (χ4v) is 3.98. The maximum atomic E-state index is 12.4. The SMILES string of the molecule is CCc1cc(C(=O)Nc2ccc(NC(=O)CN3CCOCC3)cc2)sc1C. The third kappa shape index (κ3) is 5.38. The molecule has 2 heterocycles. The molecule has 0 atom stereocenters. The van der Waals surface area contributed by atoms with Gasteiger partial charge >= 0.3 is 0 Å². The van der Waals surface area contributed by atoms with E-state index in [1.54, 1.807) is 24.3 Å². The lowest BCUT2D eigenvalue weighted by Gasteiger charge is -2.25. The molecule has 1 fully saturated rings. The second-order valence-corrected chi connectivity index (χ2v) is 7.77. The summed E-state index contributed by atoms with van der Waals surface area (Å²) in [6.45, 7) is 7.38. The topological polar surface area (TPSA) is 70.7 Å². The van der Waals surface area contributed by atoms with Crippen molar-refractivity contribution in [1.82, 2.24) is 4.90 Å². The number of carbonyl (C=O) groups excluding carboxylic acids is 2. The Kier molecular flexibility index (Phi) is 6.60. The number of hydrogen-bond acceptors (Lipinski definition) is 5. The molecule has 1 aliphatic rings. The number of morpholine rings is 1. The van der Waals surface area contributed by atoms with Crippen molar-refractivity contribution in [2.24, 2.45) is 0 Å². The van der Waals surface area contributed by atoms with Crippen LogP contribution in [0.4, 0.5) is 11.4 Å². The highest BCUT2D eigenvalue weighted by atomic mass is 32.1. The van der Waals surface area contributed by atoms with Crippen molar-refractivity contribution in [3.05, 3.63) is 45.6 Å². The number of ether oxygens (including phenoxy) is 1. The van der Waals surface area contributed by atoms with Gasteiger partial charge in [-0.15, -0.1) is 11.3 Å². The van der Waals surface area contributed by atoms with E-state index in [4.69, 9.17) is 4.74 Å². The van der Waals surface area contributed by atoms with Gasteiger partial charge in [0.05, 0.1) is 24.6 Å². The highest BCUT2D eigenvalue weighted by Crippen LogP contribution is 2.23. The van der Waals surface area contributed by atoms with Gasteiger partial charge in [-0.05, 0) is 49.2 Å². The van der Waals surface area contributed by atoms with Crippen LogP contribution < -0.4 is 10.6 Å². The molecule has 2 N–H and O–H groups in total. The average molecular weight is 388 g/mol. The van der Waals surface area contributed by atoms with E-state index in [9.17, 15) is 9.59 Å². The first-order valence-corrected chi connectivity index (χ1v) is 9.97. The van der Waals surface area contributed by atoms with E-state index in [1.807, 2.05) is 13.0 Å². The molecule has 0 spiro atoms. The van der Waals surface area contributed by atoms with Gasteiger partial charge in [0, 0.05) is 29.3 Å². The number of rotatable bonds is 6. The van der Waals surface area contributed by atoms with Gasteiger partial charge < -0.3 is 15.4 Å². The highest BCUT2D eigenvalue weighted by molar-refractivity contribution is 7.14. The minimum Gasteiger partial charge on any atom is -0.379 e. The number of thiophene rings is 1. The molecule has 0 radical (unpaired) electrons. The first-order chi connectivity index (χ1) is 13.0. The molecule has 6 nitrogen and oxygen atoms in total. The molecule has 1 aromatic heterocycles. The Morgan fingerprint density at radius 2 is 1.74 bits per heavy atom. The number of benzene rings is 1. The van der Waals surface area contributed by atoms with Gasteiger partial charge in [0.15, 0.2) is 0 Å². The maximum absolute atomic E-state index is 12.4. The van der Waals surface area contributed by atoms with Crippen LogP contribution in [0.15, 0.2) is 30.3 Å². The van der Waals surface area contributed by atoms with Crippen LogP contribution in [0.5, 0.6) is 0 Å². The smallest absolute Gasteiger partial charge is 0.265 e. The summed E-state index contributed by atoms with van der Waals surface area (Å²) < 4.78 is 5.28. The molecule has 144 valence electrons. The number of hydrogen-bond donors (Lipinski definition) is 2. The molecule has 27 heavy (non-hydrogen) atoms. The second-order valence-electron chi connectivity index (χ2n) is 6.51. The standard InChI is InChI=1S/C20H25N3O3S/c1-3-15-12-18(27-14(15)2)20(25)22-17-6-4-16(5-7-17)21-19(24)13-23-8-10-26-11-9-23/h4-7,12H,3,8-11,13H2,1-2H3,(H,21,24)(H,22,25). The minimum atomic E-state index is -0.105. The Morgan fingerprint density at radius 1 is 1.11 bits per heavy atom. The van der Waals surface area contributed by atoms with Crippen LogP contribution in [0.2, 0.25) is 0 Å². The molecular weight excluding hydrogens is 362 g/mol. The molecular formula is C20H25N3O3S. The van der Waals surface area contributed by atoms with Crippen molar-refractivity contribution in [2.75, 3.05) is 43.5 Å². The molecule has 0 unspecified atom stereocenters. The lowest BCUT2D eigenvalue weighted by molar-refractivity contribution is -0.118. The molecule has 0 aliphatic carbocycles. The molecule has 2 aromatic rings. The second kappa shape index (κ2) is 9.12. The number of amides is 2. The summed E-state index contributed by atoms with van der Waals surface area (Å²) in [5.74, 6) is -0.151. The number of anilines is 2. The van der Waals surface area contributed by atoms with Crippen molar-refractivity contribution in [3.63, 3.8) is 0 Å². The van der Waals surface area contributed by atoms with Gasteiger partial charge in [0.2, 0.25) is 5.91 Å². The van der Waals surface area contributed by atoms with Crippen LogP contribution in [-0.4, -0.2) is 49.6 Å². The van der Waals surface area contributed by atoms with E-state index in [2.05, 4.69) is 22.5 Å². The van der Waals surface area contributed by atoms with Crippen LogP contribution in [0.25, 0.3) is 0 Å². The zero-order valence-corrected chi connectivity index (χ0v) is 16.5. The van der Waals surface area contributed by atoms with E-state index >= 15 is 0 Å². The molecule has 1 saturated heterocycles. The van der Waals surface area contributed by atoms with Gasteiger partial charge in [-0.3, -0.25) is 14.5 Å². The van der Waals surface area contributed by atoms with E-state index in [0.717, 1.165) is 19.5 Å². The Hall–Kier alpha value is -2.22. The molecule has 1 aromatic carbocycles. The van der Waals surface area contributed by atoms with E-state index in [-0.39, 0.29) is 11.8 Å². The number of nitrogens with one attached hydrogen (secondary N) is 2. The van der Waals surface area contributed by atoms with Gasteiger partial charge in [0.25, 0.3) is 5.91 Å². The highest BCUT2D eigenvalue weighted by Gasteiger charge is 2.15. The van der Waals surface area contributed by atoms with E-state index in [0.29, 0.717) is 36.0 Å². The minimum absolute atomic E-state index is 0.0464. The van der Waals surface area contributed by atoms with Crippen molar-refractivity contribution in [2.45, 2.75) is 20.3 Å². The quantitative estimate of drug-likeness (QED) is 0.799. The molecule has 3 rings (SSSR count). The van der Waals surface area contributed by atoms with Crippen LogP contribution in [0, 0.1) is 6.92 Å². The predicted octanol–water partition coefficient (Wildman–Crippen LogP) is 3.14. The fourth-order valence-electron chi connectivity index (χ4n) is 2.98.